The molecule has 1 aromatic rings. The minimum atomic E-state index is 0.504. The van der Waals surface area contributed by atoms with E-state index >= 15 is 0 Å². The summed E-state index contributed by atoms with van der Waals surface area (Å²) in [5.74, 6) is 0.684. The first-order valence-corrected chi connectivity index (χ1v) is 7.13. The van der Waals surface area contributed by atoms with E-state index in [1.54, 1.807) is 0 Å². The summed E-state index contributed by atoms with van der Waals surface area (Å²) in [6, 6.07) is 3.87. The number of halogens is 2. The smallest absolute Gasteiger partial charge is 0.152 e. The molecule has 0 aliphatic carbocycles. The third-order valence-corrected chi connectivity index (χ3v) is 3.23. The summed E-state index contributed by atoms with van der Waals surface area (Å²) in [6.45, 7) is 4.81. The van der Waals surface area contributed by atoms with E-state index in [0.29, 0.717) is 24.0 Å². The topological polar surface area (TPSA) is 22.9 Å². The molecule has 0 aliphatic heterocycles. The SMILES string of the molecule is Cc1cc(Cl)c(OCCOCC[NH+](C)C)c(Br)c1. The first-order valence-electron chi connectivity index (χ1n) is 5.96. The largest absolute Gasteiger partial charge is 0.488 e. The quantitative estimate of drug-likeness (QED) is 0.769. The molecule has 0 radical (unpaired) electrons. The van der Waals surface area contributed by atoms with Gasteiger partial charge in [0.15, 0.2) is 5.75 Å². The average molecular weight is 338 g/mol. The van der Waals surface area contributed by atoms with Crippen LogP contribution in [0.5, 0.6) is 5.75 Å². The second-order valence-corrected chi connectivity index (χ2v) is 5.74. The van der Waals surface area contributed by atoms with Gasteiger partial charge in [0.25, 0.3) is 0 Å². The molecule has 0 amide bonds. The Hall–Kier alpha value is -0.290. The standard InChI is InChI=1S/C13H19BrClNO2/c1-10-8-11(14)13(12(15)9-10)18-7-6-17-5-4-16(2)3/h8-9H,4-7H2,1-3H3/p+1. The van der Waals surface area contributed by atoms with Gasteiger partial charge in [-0.1, -0.05) is 11.6 Å². The third kappa shape index (κ3) is 5.57. The molecule has 1 aromatic carbocycles. The number of ether oxygens (including phenoxy) is 2. The number of benzene rings is 1. The average Bonchev–Trinajstić information content (AvgIpc) is 2.25. The highest BCUT2D eigenvalue weighted by Crippen LogP contribution is 2.34. The van der Waals surface area contributed by atoms with Crippen LogP contribution >= 0.6 is 27.5 Å². The molecule has 0 fully saturated rings. The molecule has 1 N–H and O–H groups in total. The van der Waals surface area contributed by atoms with Crippen LogP contribution in [0.3, 0.4) is 0 Å². The molecule has 5 heteroatoms. The van der Waals surface area contributed by atoms with E-state index in [9.17, 15) is 0 Å². The van der Waals surface area contributed by atoms with Gasteiger partial charge in [-0.25, -0.2) is 0 Å². The van der Waals surface area contributed by atoms with Crippen LogP contribution in [0, 0.1) is 6.92 Å². The Kier molecular flexibility index (Phi) is 7.00. The number of aryl methyl sites for hydroxylation is 1. The van der Waals surface area contributed by atoms with Crippen molar-refractivity contribution >= 4 is 27.5 Å². The zero-order valence-corrected chi connectivity index (χ0v) is 13.4. The molecule has 0 unspecified atom stereocenters. The van der Waals surface area contributed by atoms with Gasteiger partial charge in [-0.05, 0) is 40.5 Å². The van der Waals surface area contributed by atoms with Crippen LogP contribution in [0.2, 0.25) is 5.02 Å². The Morgan fingerprint density at radius 1 is 1.22 bits per heavy atom. The highest BCUT2D eigenvalue weighted by Gasteiger charge is 2.07. The van der Waals surface area contributed by atoms with Crippen molar-refractivity contribution in [1.82, 2.24) is 0 Å². The predicted octanol–water partition coefficient (Wildman–Crippen LogP) is 1.95. The molecule has 3 nitrogen and oxygen atoms in total. The van der Waals surface area contributed by atoms with E-state index in [0.717, 1.165) is 23.2 Å². The van der Waals surface area contributed by atoms with Gasteiger partial charge < -0.3 is 14.4 Å². The highest BCUT2D eigenvalue weighted by molar-refractivity contribution is 9.10. The number of likely N-dealkylation sites (N-methyl/N-ethyl adjacent to an activating group) is 1. The predicted molar refractivity (Wildman–Crippen MR) is 77.9 cm³/mol. The second kappa shape index (κ2) is 8.00. The van der Waals surface area contributed by atoms with Gasteiger partial charge in [0.1, 0.15) is 13.2 Å². The monoisotopic (exact) mass is 336 g/mol. The van der Waals surface area contributed by atoms with Crippen molar-refractivity contribution in [2.45, 2.75) is 6.92 Å². The molecule has 0 saturated carbocycles. The first-order chi connectivity index (χ1) is 8.50. The van der Waals surface area contributed by atoms with Crippen molar-refractivity contribution < 1.29 is 14.4 Å². The molecule has 0 atom stereocenters. The third-order valence-electron chi connectivity index (χ3n) is 2.36. The van der Waals surface area contributed by atoms with E-state index in [-0.39, 0.29) is 0 Å². The Morgan fingerprint density at radius 2 is 1.94 bits per heavy atom. The molecule has 102 valence electrons. The van der Waals surface area contributed by atoms with Crippen LogP contribution < -0.4 is 9.64 Å². The van der Waals surface area contributed by atoms with Gasteiger partial charge in [-0.15, -0.1) is 0 Å². The summed E-state index contributed by atoms with van der Waals surface area (Å²) >= 11 is 9.56. The minimum Gasteiger partial charge on any atom is -0.488 e. The van der Waals surface area contributed by atoms with Gasteiger partial charge in [-0.3, -0.25) is 0 Å². The lowest BCUT2D eigenvalue weighted by Gasteiger charge is -2.12. The van der Waals surface area contributed by atoms with Crippen molar-refractivity contribution in [3.05, 3.63) is 27.2 Å². The molecule has 0 bridgehead atoms. The van der Waals surface area contributed by atoms with Crippen LogP contribution in [0.1, 0.15) is 5.56 Å². The zero-order chi connectivity index (χ0) is 13.5. The van der Waals surface area contributed by atoms with Crippen LogP contribution in [-0.4, -0.2) is 40.5 Å². The van der Waals surface area contributed by atoms with Crippen molar-refractivity contribution in [3.8, 4) is 5.75 Å². The first kappa shape index (κ1) is 15.8. The fourth-order valence-electron chi connectivity index (χ4n) is 1.41. The molecule has 0 saturated heterocycles. The van der Waals surface area contributed by atoms with E-state index in [2.05, 4.69) is 30.0 Å². The van der Waals surface area contributed by atoms with E-state index in [4.69, 9.17) is 21.1 Å². The number of nitrogens with one attached hydrogen (secondary N) is 1. The van der Waals surface area contributed by atoms with Crippen LogP contribution in [0.15, 0.2) is 16.6 Å². The number of rotatable bonds is 7. The maximum Gasteiger partial charge on any atom is 0.152 e. The van der Waals surface area contributed by atoms with Crippen LogP contribution in [-0.2, 0) is 4.74 Å². The molecular formula is C13H20BrClNO2+. The molecule has 0 heterocycles. The highest BCUT2D eigenvalue weighted by atomic mass is 79.9. The summed E-state index contributed by atoms with van der Waals surface area (Å²) in [5, 5.41) is 0.625. The van der Waals surface area contributed by atoms with Crippen LogP contribution in [0.25, 0.3) is 0 Å². The number of hydrogen-bond donors (Lipinski definition) is 1. The Balaban J connectivity index is 2.31. The maximum absolute atomic E-state index is 6.12. The molecular weight excluding hydrogens is 318 g/mol. The Labute approximate surface area is 122 Å². The lowest BCUT2D eigenvalue weighted by atomic mass is 10.2. The fourth-order valence-corrected chi connectivity index (χ4v) is 2.54. The number of hydrogen-bond acceptors (Lipinski definition) is 2. The maximum atomic E-state index is 6.12. The van der Waals surface area contributed by atoms with E-state index < -0.39 is 0 Å². The fraction of sp³-hybridized carbons (Fsp3) is 0.538. The molecule has 18 heavy (non-hydrogen) atoms. The normalized spacial score (nSPS) is 11.0. The summed E-state index contributed by atoms with van der Waals surface area (Å²) in [6.07, 6.45) is 0. The van der Waals surface area contributed by atoms with Crippen molar-refractivity contribution in [1.29, 1.82) is 0 Å². The minimum absolute atomic E-state index is 0.504. The van der Waals surface area contributed by atoms with Gasteiger partial charge in [-0.2, -0.15) is 0 Å². The second-order valence-electron chi connectivity index (χ2n) is 4.48. The van der Waals surface area contributed by atoms with E-state index in [1.165, 1.54) is 4.90 Å². The zero-order valence-electron chi connectivity index (χ0n) is 11.1. The molecule has 0 spiro atoms. The lowest BCUT2D eigenvalue weighted by molar-refractivity contribution is -0.858. The van der Waals surface area contributed by atoms with Gasteiger partial charge in [0.05, 0.1) is 36.8 Å². The van der Waals surface area contributed by atoms with Gasteiger partial charge in [0.2, 0.25) is 0 Å². The lowest BCUT2D eigenvalue weighted by Crippen LogP contribution is -3.06. The summed E-state index contributed by atoms with van der Waals surface area (Å²) in [7, 11) is 4.20. The van der Waals surface area contributed by atoms with Gasteiger partial charge in [0, 0.05) is 0 Å². The number of quaternary nitrogens is 1. The van der Waals surface area contributed by atoms with Gasteiger partial charge >= 0.3 is 0 Å². The summed E-state index contributed by atoms with van der Waals surface area (Å²) in [5.41, 5.74) is 1.10. The van der Waals surface area contributed by atoms with E-state index in [1.807, 2.05) is 19.1 Å². The summed E-state index contributed by atoms with van der Waals surface area (Å²) < 4.78 is 12.0. The van der Waals surface area contributed by atoms with Crippen molar-refractivity contribution in [2.24, 2.45) is 0 Å². The van der Waals surface area contributed by atoms with Crippen molar-refractivity contribution in [2.75, 3.05) is 40.5 Å². The Bertz CT molecular complexity index is 362. The molecule has 0 aromatic heterocycles. The molecule has 0 aliphatic rings. The summed E-state index contributed by atoms with van der Waals surface area (Å²) in [4.78, 5) is 1.38. The Morgan fingerprint density at radius 3 is 2.56 bits per heavy atom. The van der Waals surface area contributed by atoms with Crippen LogP contribution in [0.4, 0.5) is 0 Å². The molecule has 1 rings (SSSR count). The van der Waals surface area contributed by atoms with Crippen molar-refractivity contribution in [3.63, 3.8) is 0 Å².